The summed E-state index contributed by atoms with van der Waals surface area (Å²) in [5, 5.41) is 1.72. The number of aryl methyl sites for hydroxylation is 1. The smallest absolute Gasteiger partial charge is 0.119 e. The number of halogens is 2. The molecule has 3 rings (SSSR count). The van der Waals surface area contributed by atoms with Gasteiger partial charge in [-0.2, -0.15) is 0 Å². The minimum atomic E-state index is -0.709. The van der Waals surface area contributed by atoms with Crippen LogP contribution in [0.25, 0.3) is 10.9 Å². The summed E-state index contributed by atoms with van der Waals surface area (Å²) in [4.78, 5) is 6.85. The Bertz CT molecular complexity index is 800. The molecule has 0 saturated carbocycles. The van der Waals surface area contributed by atoms with Crippen molar-refractivity contribution in [2.45, 2.75) is 83.3 Å². The number of methoxy groups -OCH3 is 1. The Morgan fingerprint density at radius 2 is 2.03 bits per heavy atom. The van der Waals surface area contributed by atoms with Gasteiger partial charge >= 0.3 is 0 Å². The molecule has 0 N–H and O–H groups in total. The van der Waals surface area contributed by atoms with Crippen molar-refractivity contribution >= 4 is 22.5 Å². The summed E-state index contributed by atoms with van der Waals surface area (Å²) in [6, 6.07) is 5.94. The van der Waals surface area contributed by atoms with Crippen LogP contribution in [0, 0.1) is 0 Å². The Balaban J connectivity index is 1.61. The molecular formula is C25H36ClFN2O. The fourth-order valence-corrected chi connectivity index (χ4v) is 4.95. The van der Waals surface area contributed by atoms with Gasteiger partial charge in [-0.1, -0.05) is 44.2 Å². The lowest BCUT2D eigenvalue weighted by molar-refractivity contribution is 0.0572. The number of fused-ring (bicyclic) bond motifs is 1. The van der Waals surface area contributed by atoms with E-state index in [-0.39, 0.29) is 6.04 Å². The number of pyridine rings is 1. The Morgan fingerprint density at radius 1 is 1.20 bits per heavy atom. The van der Waals surface area contributed by atoms with Crippen LogP contribution in [0.15, 0.2) is 24.4 Å². The van der Waals surface area contributed by atoms with Crippen molar-refractivity contribution in [2.24, 2.45) is 0 Å². The van der Waals surface area contributed by atoms with Crippen LogP contribution in [0.5, 0.6) is 5.75 Å². The zero-order chi connectivity index (χ0) is 21.3. The number of ether oxygens (including phenoxy) is 1. The summed E-state index contributed by atoms with van der Waals surface area (Å²) in [6.07, 6.45) is 11.6. The monoisotopic (exact) mass is 434 g/mol. The van der Waals surface area contributed by atoms with Crippen LogP contribution < -0.4 is 4.74 Å². The standard InChI is InChI=1S/C25H36ClFN2O/c1-3-4-5-6-7-15-29-16-9-11-23(27)25(29)12-8-10-20-21-17-19(30-2)13-14-24(21)28-18-22(20)26/h13-14,17-18,23,25H,3-12,15-16H2,1-2H3. The Kier molecular flexibility index (Phi) is 9.20. The lowest BCUT2D eigenvalue weighted by Gasteiger charge is -2.38. The number of hydrogen-bond donors (Lipinski definition) is 0. The third kappa shape index (κ3) is 6.07. The quantitative estimate of drug-likeness (QED) is 0.356. The van der Waals surface area contributed by atoms with E-state index >= 15 is 0 Å². The topological polar surface area (TPSA) is 25.4 Å². The first-order valence-corrected chi connectivity index (χ1v) is 12.0. The molecule has 3 nitrogen and oxygen atoms in total. The number of nitrogens with zero attached hydrogens (tertiary/aromatic N) is 2. The van der Waals surface area contributed by atoms with Gasteiger partial charge in [0.05, 0.1) is 17.6 Å². The molecule has 1 saturated heterocycles. The SMILES string of the molecule is CCCCCCCN1CCCC(F)C1CCCc1c(Cl)cnc2ccc(OC)cc12. The van der Waals surface area contributed by atoms with Crippen molar-refractivity contribution in [2.75, 3.05) is 20.2 Å². The number of alkyl halides is 1. The van der Waals surface area contributed by atoms with Gasteiger partial charge in [-0.25, -0.2) is 4.39 Å². The molecule has 30 heavy (non-hydrogen) atoms. The van der Waals surface area contributed by atoms with Gasteiger partial charge in [0.25, 0.3) is 0 Å². The number of likely N-dealkylation sites (tertiary alicyclic amines) is 1. The van der Waals surface area contributed by atoms with E-state index in [2.05, 4.69) is 16.8 Å². The molecule has 0 spiro atoms. The van der Waals surface area contributed by atoms with Gasteiger partial charge < -0.3 is 4.74 Å². The maximum atomic E-state index is 14.8. The maximum absolute atomic E-state index is 14.8. The van der Waals surface area contributed by atoms with Crippen molar-refractivity contribution < 1.29 is 9.13 Å². The largest absolute Gasteiger partial charge is 0.497 e. The highest BCUT2D eigenvalue weighted by Gasteiger charge is 2.30. The number of benzene rings is 1. The van der Waals surface area contributed by atoms with Crippen molar-refractivity contribution in [3.8, 4) is 5.75 Å². The average Bonchev–Trinajstić information content (AvgIpc) is 2.76. The molecule has 1 aliphatic rings. The fraction of sp³-hybridized carbons (Fsp3) is 0.640. The van der Waals surface area contributed by atoms with Crippen LogP contribution in [0.2, 0.25) is 5.02 Å². The van der Waals surface area contributed by atoms with Gasteiger partial charge in [0, 0.05) is 17.6 Å². The highest BCUT2D eigenvalue weighted by Crippen LogP contribution is 2.30. The fourth-order valence-electron chi connectivity index (χ4n) is 4.71. The first-order chi connectivity index (χ1) is 14.6. The first-order valence-electron chi connectivity index (χ1n) is 11.6. The third-order valence-electron chi connectivity index (χ3n) is 6.42. The third-order valence-corrected chi connectivity index (χ3v) is 6.75. The zero-order valence-corrected chi connectivity index (χ0v) is 19.3. The number of piperidine rings is 1. The van der Waals surface area contributed by atoms with E-state index in [1.54, 1.807) is 13.3 Å². The van der Waals surface area contributed by atoms with Crippen LogP contribution >= 0.6 is 11.6 Å². The summed E-state index contributed by atoms with van der Waals surface area (Å²) < 4.78 is 20.2. The van der Waals surface area contributed by atoms with Crippen LogP contribution in [-0.4, -0.2) is 42.3 Å². The molecule has 166 valence electrons. The molecule has 2 atom stereocenters. The minimum Gasteiger partial charge on any atom is -0.497 e. The molecule has 1 aromatic carbocycles. The number of aromatic nitrogens is 1. The highest BCUT2D eigenvalue weighted by molar-refractivity contribution is 6.32. The molecule has 0 bridgehead atoms. The van der Waals surface area contributed by atoms with E-state index in [4.69, 9.17) is 16.3 Å². The summed E-state index contributed by atoms with van der Waals surface area (Å²) >= 11 is 6.50. The summed E-state index contributed by atoms with van der Waals surface area (Å²) in [5.74, 6) is 0.804. The van der Waals surface area contributed by atoms with E-state index in [0.29, 0.717) is 11.4 Å². The van der Waals surface area contributed by atoms with Gasteiger partial charge in [-0.05, 0) is 75.4 Å². The maximum Gasteiger partial charge on any atom is 0.119 e. The minimum absolute atomic E-state index is 0.0475. The van der Waals surface area contributed by atoms with E-state index in [1.165, 1.54) is 32.1 Å². The zero-order valence-electron chi connectivity index (χ0n) is 18.5. The van der Waals surface area contributed by atoms with Crippen molar-refractivity contribution in [1.82, 2.24) is 9.88 Å². The first kappa shape index (κ1) is 23.3. The normalized spacial score (nSPS) is 20.0. The van der Waals surface area contributed by atoms with Crippen LogP contribution in [-0.2, 0) is 6.42 Å². The number of rotatable bonds is 11. The number of unbranched alkanes of at least 4 members (excludes halogenated alkanes) is 4. The molecule has 2 heterocycles. The van der Waals surface area contributed by atoms with Gasteiger partial charge in [-0.15, -0.1) is 0 Å². The number of hydrogen-bond acceptors (Lipinski definition) is 3. The van der Waals surface area contributed by atoms with Gasteiger partial charge in [-0.3, -0.25) is 9.88 Å². The summed E-state index contributed by atoms with van der Waals surface area (Å²) in [7, 11) is 1.67. The Morgan fingerprint density at radius 3 is 2.83 bits per heavy atom. The lowest BCUT2D eigenvalue weighted by atomic mass is 9.93. The molecular weight excluding hydrogens is 399 g/mol. The molecule has 2 unspecified atom stereocenters. The predicted molar refractivity (Wildman–Crippen MR) is 124 cm³/mol. The summed E-state index contributed by atoms with van der Waals surface area (Å²) in [5.41, 5.74) is 2.02. The van der Waals surface area contributed by atoms with Crippen LogP contribution in [0.4, 0.5) is 4.39 Å². The van der Waals surface area contributed by atoms with Gasteiger partial charge in [0.2, 0.25) is 0 Å². The molecule has 5 heteroatoms. The van der Waals surface area contributed by atoms with Gasteiger partial charge in [0.15, 0.2) is 0 Å². The Hall–Kier alpha value is -1.39. The molecule has 0 aliphatic carbocycles. The Labute approximate surface area is 186 Å². The van der Waals surface area contributed by atoms with Crippen LogP contribution in [0.1, 0.15) is 70.3 Å². The lowest BCUT2D eigenvalue weighted by Crippen LogP contribution is -2.46. The molecule has 1 aromatic heterocycles. The molecule has 1 fully saturated rings. The van der Waals surface area contributed by atoms with E-state index in [0.717, 1.165) is 61.0 Å². The van der Waals surface area contributed by atoms with E-state index < -0.39 is 6.17 Å². The molecule has 0 radical (unpaired) electrons. The van der Waals surface area contributed by atoms with Crippen molar-refractivity contribution in [1.29, 1.82) is 0 Å². The second-order valence-electron chi connectivity index (χ2n) is 8.54. The van der Waals surface area contributed by atoms with E-state index in [1.807, 2.05) is 18.2 Å². The second kappa shape index (κ2) is 11.9. The average molecular weight is 435 g/mol. The second-order valence-corrected chi connectivity index (χ2v) is 8.94. The van der Waals surface area contributed by atoms with Crippen LogP contribution in [0.3, 0.4) is 0 Å². The predicted octanol–water partition coefficient (Wildman–Crippen LogP) is 6.99. The van der Waals surface area contributed by atoms with E-state index in [9.17, 15) is 4.39 Å². The van der Waals surface area contributed by atoms with Crippen molar-refractivity contribution in [3.63, 3.8) is 0 Å². The van der Waals surface area contributed by atoms with Gasteiger partial charge in [0.1, 0.15) is 11.9 Å². The molecule has 2 aromatic rings. The molecule has 1 aliphatic heterocycles. The highest BCUT2D eigenvalue weighted by atomic mass is 35.5. The summed E-state index contributed by atoms with van der Waals surface area (Å²) in [6.45, 7) is 4.31. The molecule has 0 amide bonds. The van der Waals surface area contributed by atoms with Crippen molar-refractivity contribution in [3.05, 3.63) is 35.0 Å².